The maximum absolute atomic E-state index is 13.4. The lowest BCUT2D eigenvalue weighted by atomic mass is 9.65. The van der Waals surface area contributed by atoms with Gasteiger partial charge in [-0.1, -0.05) is 53.0 Å². The Hall–Kier alpha value is -2.48. The molecule has 1 atom stereocenters. The number of hydrogen-bond acceptors (Lipinski definition) is 6. The quantitative estimate of drug-likeness (QED) is 0.261. The van der Waals surface area contributed by atoms with Gasteiger partial charge in [0, 0.05) is 26.7 Å². The van der Waals surface area contributed by atoms with Crippen LogP contribution in [0.5, 0.6) is 11.5 Å². The van der Waals surface area contributed by atoms with Gasteiger partial charge in [-0.2, -0.15) is 0 Å². The molecule has 8 heteroatoms. The lowest BCUT2D eigenvalue weighted by Crippen LogP contribution is -2.51. The Labute approximate surface area is 223 Å². The average Bonchev–Trinajstić information content (AvgIpc) is 3.29. The summed E-state index contributed by atoms with van der Waals surface area (Å²) in [5.41, 5.74) is 0.803. The van der Waals surface area contributed by atoms with Crippen LogP contribution < -0.4 is 20.1 Å². The van der Waals surface area contributed by atoms with Crippen LogP contribution in [-0.4, -0.2) is 58.6 Å². The van der Waals surface area contributed by atoms with Crippen molar-refractivity contribution in [3.05, 3.63) is 23.8 Å². The molecule has 210 valence electrons. The monoisotopic (exact) mass is 520 g/mol. The fourth-order valence-electron chi connectivity index (χ4n) is 5.27. The second-order valence-corrected chi connectivity index (χ2v) is 10.6. The number of carbonyl (C=O) groups excluding carboxylic acids is 2. The summed E-state index contributed by atoms with van der Waals surface area (Å²) < 4.78 is 21.4. The average molecular weight is 521 g/mol. The predicted molar refractivity (Wildman–Crippen MR) is 145 cm³/mol. The molecule has 1 aliphatic rings. The van der Waals surface area contributed by atoms with Crippen molar-refractivity contribution in [2.75, 3.05) is 40.6 Å². The summed E-state index contributed by atoms with van der Waals surface area (Å²) in [6, 6.07) is 5.99. The van der Waals surface area contributed by atoms with Crippen molar-refractivity contribution in [2.24, 2.45) is 17.3 Å². The second-order valence-electron chi connectivity index (χ2n) is 10.6. The van der Waals surface area contributed by atoms with Crippen LogP contribution in [0.25, 0.3) is 0 Å². The molecule has 1 aromatic carbocycles. The number of ether oxygens (including phenoxy) is 4. The van der Waals surface area contributed by atoms with Gasteiger partial charge in [0.1, 0.15) is 6.61 Å². The molecule has 0 radical (unpaired) electrons. The third kappa shape index (κ3) is 9.09. The van der Waals surface area contributed by atoms with Crippen LogP contribution in [0.1, 0.15) is 71.8 Å². The Morgan fingerprint density at radius 3 is 2.41 bits per heavy atom. The van der Waals surface area contributed by atoms with E-state index in [4.69, 9.17) is 18.9 Å². The molecule has 1 aromatic rings. The Balaban J connectivity index is 1.83. The van der Waals surface area contributed by atoms with Gasteiger partial charge in [0.15, 0.2) is 11.5 Å². The van der Waals surface area contributed by atoms with Crippen molar-refractivity contribution in [1.82, 2.24) is 10.6 Å². The lowest BCUT2D eigenvalue weighted by Gasteiger charge is -2.40. The molecule has 2 N–H and O–H groups in total. The van der Waals surface area contributed by atoms with Gasteiger partial charge in [-0.15, -0.1) is 0 Å². The molecule has 0 spiro atoms. The summed E-state index contributed by atoms with van der Waals surface area (Å²) in [6.07, 6.45) is 6.52. The van der Waals surface area contributed by atoms with E-state index in [9.17, 15) is 9.59 Å². The van der Waals surface area contributed by atoms with Crippen LogP contribution in [0.2, 0.25) is 0 Å². The zero-order valence-electron chi connectivity index (χ0n) is 23.7. The fraction of sp³-hybridized carbons (Fsp3) is 0.724. The van der Waals surface area contributed by atoms with Crippen molar-refractivity contribution in [3.8, 4) is 11.5 Å². The summed E-state index contributed by atoms with van der Waals surface area (Å²) in [4.78, 5) is 24.7. The first-order valence-electron chi connectivity index (χ1n) is 13.7. The molecule has 1 heterocycles. The maximum Gasteiger partial charge on any atom is 0.407 e. The van der Waals surface area contributed by atoms with Crippen LogP contribution in [0, 0.1) is 17.3 Å². The highest BCUT2D eigenvalue weighted by Crippen LogP contribution is 2.41. The van der Waals surface area contributed by atoms with Crippen LogP contribution in [0.15, 0.2) is 18.2 Å². The summed E-state index contributed by atoms with van der Waals surface area (Å²) >= 11 is 0. The predicted octanol–water partition coefficient (Wildman–Crippen LogP) is 5.13. The minimum atomic E-state index is -0.436. The van der Waals surface area contributed by atoms with E-state index in [1.165, 1.54) is 5.56 Å². The summed E-state index contributed by atoms with van der Waals surface area (Å²) in [5, 5.41) is 5.82. The second kappa shape index (κ2) is 15.7. The number of aryl methyl sites for hydroxylation is 1. The number of methoxy groups -OCH3 is 2. The summed E-state index contributed by atoms with van der Waals surface area (Å²) in [5.74, 6) is 2.03. The van der Waals surface area contributed by atoms with Crippen LogP contribution in [-0.2, 0) is 20.7 Å². The lowest BCUT2D eigenvalue weighted by molar-refractivity contribution is -0.137. The highest BCUT2D eigenvalue weighted by atomic mass is 16.6. The number of unbranched alkanes of at least 4 members (excludes halogenated alkanes) is 3. The number of carbonyl (C=O) groups is 2. The molecule has 37 heavy (non-hydrogen) atoms. The van der Waals surface area contributed by atoms with Gasteiger partial charge in [-0.25, -0.2) is 4.79 Å². The Morgan fingerprint density at radius 2 is 1.78 bits per heavy atom. The van der Waals surface area contributed by atoms with E-state index in [2.05, 4.69) is 50.5 Å². The van der Waals surface area contributed by atoms with Crippen molar-refractivity contribution < 1.29 is 28.5 Å². The van der Waals surface area contributed by atoms with Crippen molar-refractivity contribution >= 4 is 12.0 Å². The third-order valence-corrected chi connectivity index (χ3v) is 7.51. The van der Waals surface area contributed by atoms with Crippen LogP contribution in [0.4, 0.5) is 4.79 Å². The molecule has 2 rings (SSSR count). The largest absolute Gasteiger partial charge is 0.493 e. The van der Waals surface area contributed by atoms with Gasteiger partial charge in [-0.05, 0) is 48.8 Å². The number of benzene rings is 1. The Bertz CT molecular complexity index is 834. The minimum absolute atomic E-state index is 0.0786. The van der Waals surface area contributed by atoms with Gasteiger partial charge in [-0.3, -0.25) is 4.79 Å². The van der Waals surface area contributed by atoms with E-state index in [1.54, 1.807) is 14.2 Å². The number of hydrogen-bond donors (Lipinski definition) is 2. The highest BCUT2D eigenvalue weighted by Gasteiger charge is 2.43. The number of alkyl carbamates (subject to hydrolysis) is 1. The zero-order valence-corrected chi connectivity index (χ0v) is 23.7. The summed E-state index contributed by atoms with van der Waals surface area (Å²) in [7, 11) is 3.35. The van der Waals surface area contributed by atoms with Gasteiger partial charge in [0.2, 0.25) is 5.91 Å². The first-order valence-corrected chi connectivity index (χ1v) is 13.7. The maximum atomic E-state index is 13.4. The molecule has 2 amide bonds. The van der Waals surface area contributed by atoms with Crippen LogP contribution >= 0.6 is 0 Å². The van der Waals surface area contributed by atoms with E-state index in [-0.39, 0.29) is 23.8 Å². The third-order valence-electron chi connectivity index (χ3n) is 7.51. The number of cyclic esters (lactones) is 1. The molecule has 1 fully saturated rings. The Morgan fingerprint density at radius 1 is 1.05 bits per heavy atom. The fourth-order valence-corrected chi connectivity index (χ4v) is 5.27. The van der Waals surface area contributed by atoms with Crippen molar-refractivity contribution in [1.29, 1.82) is 0 Å². The molecular formula is C29H48N2O6. The molecule has 8 nitrogen and oxygen atoms in total. The van der Waals surface area contributed by atoms with E-state index in [1.807, 2.05) is 6.07 Å². The van der Waals surface area contributed by atoms with E-state index in [0.717, 1.165) is 56.4 Å². The molecule has 0 bridgehead atoms. The molecule has 0 aliphatic carbocycles. The Kier molecular flexibility index (Phi) is 13.0. The van der Waals surface area contributed by atoms with Gasteiger partial charge >= 0.3 is 6.09 Å². The number of nitrogens with one attached hydrogen (secondary N) is 2. The summed E-state index contributed by atoms with van der Waals surface area (Å²) in [6.45, 7) is 10.5. The minimum Gasteiger partial charge on any atom is -0.493 e. The van der Waals surface area contributed by atoms with E-state index >= 15 is 0 Å². The van der Waals surface area contributed by atoms with Crippen LogP contribution in [0.3, 0.4) is 0 Å². The molecule has 0 saturated carbocycles. The number of amides is 2. The smallest absolute Gasteiger partial charge is 0.407 e. The number of rotatable bonds is 18. The normalized spacial score (nSPS) is 15.6. The van der Waals surface area contributed by atoms with E-state index < -0.39 is 11.5 Å². The van der Waals surface area contributed by atoms with Crippen molar-refractivity contribution in [2.45, 2.75) is 78.7 Å². The first-order chi connectivity index (χ1) is 17.7. The highest BCUT2D eigenvalue weighted by molar-refractivity contribution is 5.83. The standard InChI is InChI=1S/C29H48N2O6/c1-21(2)29(22(3)4,27(32)30-19-24-20-37-28(33)31-24)15-10-8-7-9-12-23-13-14-25(35-6)26(18-23)36-17-11-16-34-5/h13-14,18,21-22,24H,7-12,15-17,19-20H2,1-6H3,(H,30,32)(H,31,33)/t24-/m1/s1. The molecule has 0 aromatic heterocycles. The van der Waals surface area contributed by atoms with Crippen molar-refractivity contribution in [3.63, 3.8) is 0 Å². The first kappa shape index (κ1) is 30.7. The SMILES string of the molecule is COCCCOc1cc(CCCCCCC(C(=O)NC[C@@H]2COC(=O)N2)(C(C)C)C(C)C)ccc1OC. The molecule has 1 aliphatic heterocycles. The van der Waals surface area contributed by atoms with E-state index in [0.29, 0.717) is 26.4 Å². The zero-order chi connectivity index (χ0) is 27.3. The van der Waals surface area contributed by atoms with Gasteiger partial charge in [0.05, 0.1) is 25.2 Å². The molecule has 1 saturated heterocycles. The molecule has 0 unspecified atom stereocenters. The van der Waals surface area contributed by atoms with Gasteiger partial charge < -0.3 is 29.6 Å². The molecular weight excluding hydrogens is 472 g/mol. The van der Waals surface area contributed by atoms with Gasteiger partial charge in [0.25, 0.3) is 0 Å². The topological polar surface area (TPSA) is 95.1 Å².